The molecule has 0 amide bonds. The quantitative estimate of drug-likeness (QED) is 0.882. The van der Waals surface area contributed by atoms with Crippen molar-refractivity contribution >= 4 is 5.82 Å². The van der Waals surface area contributed by atoms with Crippen molar-refractivity contribution in [3.05, 3.63) is 59.3 Å². The van der Waals surface area contributed by atoms with Gasteiger partial charge in [-0.15, -0.1) is 0 Å². The Hall–Kier alpha value is -2.01. The number of hydrogen-bond donors (Lipinski definition) is 2. The van der Waals surface area contributed by atoms with Gasteiger partial charge in [-0.1, -0.05) is 6.07 Å². The van der Waals surface area contributed by atoms with Crippen LogP contribution in [-0.4, -0.2) is 18.1 Å². The number of hydrogen-bond acceptors (Lipinski definition) is 3. The lowest BCUT2D eigenvalue weighted by atomic mass is 9.99. The minimum atomic E-state index is -0.559. The molecule has 0 aliphatic rings. The maximum atomic E-state index is 13.2. The van der Waals surface area contributed by atoms with E-state index in [0.717, 1.165) is 11.6 Å². The van der Waals surface area contributed by atoms with Gasteiger partial charge < -0.3 is 11.1 Å². The van der Waals surface area contributed by atoms with Crippen molar-refractivity contribution in [2.75, 3.05) is 12.8 Å². The normalized spacial score (nSPS) is 12.3. The van der Waals surface area contributed by atoms with E-state index in [1.165, 1.54) is 12.1 Å². The number of aromatic nitrogens is 1. The molecule has 0 aliphatic carbocycles. The number of likely N-dealkylation sites (N-methyl/N-ethyl adjacent to an activating group) is 1. The summed E-state index contributed by atoms with van der Waals surface area (Å²) < 4.78 is 26.4. The Morgan fingerprint density at radius 1 is 1.20 bits per heavy atom. The molecule has 2 rings (SSSR count). The first-order chi connectivity index (χ1) is 9.58. The van der Waals surface area contributed by atoms with Crippen molar-refractivity contribution < 1.29 is 8.78 Å². The van der Waals surface area contributed by atoms with Crippen LogP contribution < -0.4 is 11.1 Å². The Morgan fingerprint density at radius 3 is 2.50 bits per heavy atom. The van der Waals surface area contributed by atoms with Gasteiger partial charge in [-0.2, -0.15) is 0 Å². The Kier molecular flexibility index (Phi) is 4.63. The molecular weight excluding hydrogens is 260 g/mol. The van der Waals surface area contributed by atoms with E-state index in [2.05, 4.69) is 10.3 Å². The summed E-state index contributed by atoms with van der Waals surface area (Å²) in [6.45, 7) is 0. The fraction of sp³-hybridized carbons (Fsp3) is 0.267. The van der Waals surface area contributed by atoms with Gasteiger partial charge in [-0.05, 0) is 49.2 Å². The van der Waals surface area contributed by atoms with Gasteiger partial charge in [0.15, 0.2) is 0 Å². The van der Waals surface area contributed by atoms with Crippen molar-refractivity contribution in [1.82, 2.24) is 10.3 Å². The molecule has 0 spiro atoms. The largest absolute Gasteiger partial charge is 0.383 e. The highest BCUT2D eigenvalue weighted by atomic mass is 19.1. The van der Waals surface area contributed by atoms with Gasteiger partial charge in [-0.25, -0.2) is 13.8 Å². The molecule has 1 heterocycles. The lowest BCUT2D eigenvalue weighted by Gasteiger charge is -2.17. The number of rotatable bonds is 5. The third-order valence-corrected chi connectivity index (χ3v) is 3.21. The predicted octanol–water partition coefficient (Wildman–Crippen LogP) is 2.32. The van der Waals surface area contributed by atoms with Gasteiger partial charge in [0.1, 0.15) is 17.5 Å². The molecule has 1 aromatic carbocycles. The molecule has 0 fully saturated rings. The zero-order valence-corrected chi connectivity index (χ0v) is 11.2. The first-order valence-corrected chi connectivity index (χ1v) is 6.40. The van der Waals surface area contributed by atoms with E-state index in [1.54, 1.807) is 6.20 Å². The molecule has 0 saturated heterocycles. The number of nitrogens with two attached hydrogens (primary N) is 1. The van der Waals surface area contributed by atoms with Crippen molar-refractivity contribution in [3.8, 4) is 0 Å². The standard InChI is InChI=1S/C15H17F2N3/c1-19-14(8-11-3-2-4-20-15(11)18)7-10-5-12(16)9-13(17)6-10/h2-6,9,14,19H,7-8H2,1H3,(H2,18,20). The van der Waals surface area contributed by atoms with Crippen LogP contribution in [0.4, 0.5) is 14.6 Å². The van der Waals surface area contributed by atoms with Crippen LogP contribution in [0.15, 0.2) is 36.5 Å². The second-order valence-corrected chi connectivity index (χ2v) is 4.72. The molecular formula is C15H17F2N3. The van der Waals surface area contributed by atoms with E-state index in [1.807, 2.05) is 19.2 Å². The maximum absolute atomic E-state index is 13.2. The van der Waals surface area contributed by atoms with E-state index in [4.69, 9.17) is 5.73 Å². The fourth-order valence-corrected chi connectivity index (χ4v) is 2.18. The minimum Gasteiger partial charge on any atom is -0.383 e. The fourth-order valence-electron chi connectivity index (χ4n) is 2.18. The van der Waals surface area contributed by atoms with Crippen molar-refractivity contribution in [3.63, 3.8) is 0 Å². The number of nitrogen functional groups attached to an aromatic ring is 1. The molecule has 0 radical (unpaired) electrons. The van der Waals surface area contributed by atoms with Crippen LogP contribution in [0.5, 0.6) is 0 Å². The van der Waals surface area contributed by atoms with Crippen molar-refractivity contribution in [1.29, 1.82) is 0 Å². The third-order valence-electron chi connectivity index (χ3n) is 3.21. The van der Waals surface area contributed by atoms with E-state index < -0.39 is 11.6 Å². The summed E-state index contributed by atoms with van der Waals surface area (Å²) in [5.41, 5.74) is 7.34. The molecule has 1 unspecified atom stereocenters. The topological polar surface area (TPSA) is 50.9 Å². The van der Waals surface area contributed by atoms with E-state index in [0.29, 0.717) is 24.2 Å². The minimum absolute atomic E-state index is 0.0303. The van der Waals surface area contributed by atoms with Gasteiger partial charge in [0.05, 0.1) is 0 Å². The number of nitrogens with one attached hydrogen (secondary N) is 1. The molecule has 3 nitrogen and oxygen atoms in total. The average molecular weight is 277 g/mol. The van der Waals surface area contributed by atoms with Crippen LogP contribution in [0.25, 0.3) is 0 Å². The van der Waals surface area contributed by atoms with E-state index in [9.17, 15) is 8.78 Å². The summed E-state index contributed by atoms with van der Waals surface area (Å²) in [6.07, 6.45) is 2.79. The number of nitrogens with zero attached hydrogens (tertiary/aromatic N) is 1. The molecule has 1 aromatic heterocycles. The average Bonchev–Trinajstić information content (AvgIpc) is 2.39. The number of anilines is 1. The Morgan fingerprint density at radius 2 is 1.90 bits per heavy atom. The summed E-state index contributed by atoms with van der Waals surface area (Å²) >= 11 is 0. The molecule has 2 aromatic rings. The smallest absolute Gasteiger partial charge is 0.126 e. The van der Waals surface area contributed by atoms with Gasteiger partial charge in [-0.3, -0.25) is 0 Å². The summed E-state index contributed by atoms with van der Waals surface area (Å²) in [5, 5.41) is 3.14. The summed E-state index contributed by atoms with van der Waals surface area (Å²) in [4.78, 5) is 4.03. The van der Waals surface area contributed by atoms with Gasteiger partial charge in [0.25, 0.3) is 0 Å². The van der Waals surface area contributed by atoms with E-state index >= 15 is 0 Å². The highest BCUT2D eigenvalue weighted by Crippen LogP contribution is 2.15. The highest BCUT2D eigenvalue weighted by molar-refractivity contribution is 5.39. The van der Waals surface area contributed by atoms with Gasteiger partial charge in [0, 0.05) is 18.3 Å². The van der Waals surface area contributed by atoms with Crippen LogP contribution in [0, 0.1) is 11.6 Å². The second-order valence-electron chi connectivity index (χ2n) is 4.72. The van der Waals surface area contributed by atoms with Crippen molar-refractivity contribution in [2.24, 2.45) is 0 Å². The highest BCUT2D eigenvalue weighted by Gasteiger charge is 2.12. The Balaban J connectivity index is 2.11. The van der Waals surface area contributed by atoms with Crippen LogP contribution >= 0.6 is 0 Å². The predicted molar refractivity (Wildman–Crippen MR) is 75.3 cm³/mol. The summed E-state index contributed by atoms with van der Waals surface area (Å²) in [6, 6.07) is 7.32. The molecule has 106 valence electrons. The first kappa shape index (κ1) is 14.4. The maximum Gasteiger partial charge on any atom is 0.126 e. The molecule has 0 saturated carbocycles. The van der Waals surface area contributed by atoms with Crippen LogP contribution in [0.2, 0.25) is 0 Å². The molecule has 0 bridgehead atoms. The summed E-state index contributed by atoms with van der Waals surface area (Å²) in [5.74, 6) is -0.635. The number of pyridine rings is 1. The zero-order valence-electron chi connectivity index (χ0n) is 11.2. The lowest BCUT2D eigenvalue weighted by Crippen LogP contribution is -2.30. The molecule has 20 heavy (non-hydrogen) atoms. The monoisotopic (exact) mass is 277 g/mol. The lowest BCUT2D eigenvalue weighted by molar-refractivity contribution is 0.543. The van der Waals surface area contributed by atoms with E-state index in [-0.39, 0.29) is 6.04 Å². The molecule has 3 N–H and O–H groups in total. The van der Waals surface area contributed by atoms with Crippen LogP contribution in [0.1, 0.15) is 11.1 Å². The SMILES string of the molecule is CNC(Cc1cc(F)cc(F)c1)Cc1cccnc1N. The summed E-state index contributed by atoms with van der Waals surface area (Å²) in [7, 11) is 1.81. The van der Waals surface area contributed by atoms with Crippen LogP contribution in [-0.2, 0) is 12.8 Å². The second kappa shape index (κ2) is 6.43. The number of benzene rings is 1. The number of halogens is 2. The molecule has 0 aliphatic heterocycles. The molecule has 1 atom stereocenters. The third kappa shape index (κ3) is 3.74. The van der Waals surface area contributed by atoms with Crippen molar-refractivity contribution in [2.45, 2.75) is 18.9 Å². The van der Waals surface area contributed by atoms with Gasteiger partial charge >= 0.3 is 0 Å². The Labute approximate surface area is 116 Å². The Bertz CT molecular complexity index is 567. The zero-order chi connectivity index (χ0) is 14.5. The first-order valence-electron chi connectivity index (χ1n) is 6.40. The molecule has 5 heteroatoms. The van der Waals surface area contributed by atoms with Gasteiger partial charge in [0.2, 0.25) is 0 Å². The van der Waals surface area contributed by atoms with Crippen LogP contribution in [0.3, 0.4) is 0 Å².